The van der Waals surface area contributed by atoms with Crippen LogP contribution in [-0.4, -0.2) is 26.4 Å². The Bertz CT molecular complexity index is 511. The average Bonchev–Trinajstić information content (AvgIpc) is 2.64. The van der Waals surface area contributed by atoms with Crippen LogP contribution in [0.5, 0.6) is 5.75 Å². The zero-order valence-electron chi connectivity index (χ0n) is 17.5. The first-order valence-corrected chi connectivity index (χ1v) is 10.4. The zero-order valence-corrected chi connectivity index (χ0v) is 17.5. The number of nitrogens with one attached hydrogen (secondary N) is 1. The lowest BCUT2D eigenvalue weighted by Gasteiger charge is -2.43. The van der Waals surface area contributed by atoms with E-state index in [-0.39, 0.29) is 0 Å². The van der Waals surface area contributed by atoms with E-state index in [0.717, 1.165) is 31.4 Å². The lowest BCUT2D eigenvalue weighted by Crippen LogP contribution is -2.39. The molecule has 1 aliphatic rings. The van der Waals surface area contributed by atoms with Crippen molar-refractivity contribution in [2.75, 3.05) is 20.3 Å². The van der Waals surface area contributed by atoms with E-state index in [0.29, 0.717) is 17.4 Å². The molecule has 26 heavy (non-hydrogen) atoms. The van der Waals surface area contributed by atoms with Crippen LogP contribution in [-0.2, 0) is 11.3 Å². The first-order chi connectivity index (χ1) is 12.4. The van der Waals surface area contributed by atoms with Crippen LogP contribution in [0.2, 0.25) is 0 Å². The summed E-state index contributed by atoms with van der Waals surface area (Å²) in [6.45, 7) is 12.2. The Morgan fingerprint density at radius 3 is 2.50 bits per heavy atom. The van der Waals surface area contributed by atoms with Crippen LogP contribution in [0.25, 0.3) is 0 Å². The molecule has 1 aliphatic heterocycles. The van der Waals surface area contributed by atoms with Gasteiger partial charge in [-0.1, -0.05) is 46.2 Å². The molecule has 1 heterocycles. The van der Waals surface area contributed by atoms with Gasteiger partial charge in [0, 0.05) is 13.2 Å². The van der Waals surface area contributed by atoms with E-state index in [2.05, 4.69) is 45.1 Å². The van der Waals surface area contributed by atoms with E-state index in [9.17, 15) is 0 Å². The van der Waals surface area contributed by atoms with E-state index in [1.807, 2.05) is 12.1 Å². The number of hydrogen-bond acceptors (Lipinski definition) is 3. The molecule has 0 unspecified atom stereocenters. The standard InChI is InChI=1S/C23H39NO2/c1-18(2)10-11-23(13-15-26-22(16-23)19(3)4)12-14-24-17-20-6-8-21(25-5)9-7-20/h6-9,18-19,22,24H,10-17H2,1-5H3/t22-,23-/m1/s1. The summed E-state index contributed by atoms with van der Waals surface area (Å²) in [5, 5.41) is 3.66. The monoisotopic (exact) mass is 361 g/mol. The molecule has 0 saturated carbocycles. The SMILES string of the molecule is COc1ccc(CNCC[C@]2(CCC(C)C)CCO[C@@H](C(C)C)C2)cc1. The molecule has 0 spiro atoms. The molecule has 0 aliphatic carbocycles. The fraction of sp³-hybridized carbons (Fsp3) is 0.739. The van der Waals surface area contributed by atoms with Crippen LogP contribution >= 0.6 is 0 Å². The van der Waals surface area contributed by atoms with Gasteiger partial charge in [-0.2, -0.15) is 0 Å². The molecule has 3 nitrogen and oxygen atoms in total. The molecule has 0 amide bonds. The van der Waals surface area contributed by atoms with Crippen molar-refractivity contribution in [2.24, 2.45) is 17.3 Å². The fourth-order valence-corrected chi connectivity index (χ4v) is 3.95. The Labute approximate surface area is 160 Å². The second-order valence-corrected chi connectivity index (χ2v) is 8.81. The van der Waals surface area contributed by atoms with Crippen LogP contribution in [0.1, 0.15) is 65.4 Å². The van der Waals surface area contributed by atoms with Gasteiger partial charge < -0.3 is 14.8 Å². The summed E-state index contributed by atoms with van der Waals surface area (Å²) in [4.78, 5) is 0. The smallest absolute Gasteiger partial charge is 0.118 e. The van der Waals surface area contributed by atoms with Gasteiger partial charge in [0.15, 0.2) is 0 Å². The molecule has 0 radical (unpaired) electrons. The van der Waals surface area contributed by atoms with E-state index in [1.54, 1.807) is 7.11 Å². The maximum atomic E-state index is 6.07. The van der Waals surface area contributed by atoms with Crippen LogP contribution < -0.4 is 10.1 Å². The minimum atomic E-state index is 0.428. The van der Waals surface area contributed by atoms with Crippen molar-refractivity contribution in [3.63, 3.8) is 0 Å². The highest BCUT2D eigenvalue weighted by molar-refractivity contribution is 5.26. The Kier molecular flexibility index (Phi) is 8.43. The van der Waals surface area contributed by atoms with Crippen molar-refractivity contribution in [2.45, 2.75) is 72.4 Å². The first kappa shape index (κ1) is 21.2. The van der Waals surface area contributed by atoms with Gasteiger partial charge in [-0.3, -0.25) is 0 Å². The third-order valence-electron chi connectivity index (χ3n) is 5.91. The molecule has 1 fully saturated rings. The topological polar surface area (TPSA) is 30.5 Å². The number of hydrogen-bond donors (Lipinski definition) is 1. The molecule has 1 N–H and O–H groups in total. The largest absolute Gasteiger partial charge is 0.497 e. The predicted octanol–water partition coefficient (Wildman–Crippen LogP) is 5.43. The quantitative estimate of drug-likeness (QED) is 0.563. The highest BCUT2D eigenvalue weighted by Gasteiger charge is 2.37. The highest BCUT2D eigenvalue weighted by atomic mass is 16.5. The molecule has 148 valence electrons. The molecule has 2 rings (SSSR count). The second kappa shape index (κ2) is 10.3. The minimum absolute atomic E-state index is 0.428. The summed E-state index contributed by atoms with van der Waals surface area (Å²) in [6, 6.07) is 8.35. The second-order valence-electron chi connectivity index (χ2n) is 8.81. The molecular weight excluding hydrogens is 322 g/mol. The van der Waals surface area contributed by atoms with Gasteiger partial charge in [-0.15, -0.1) is 0 Å². The highest BCUT2D eigenvalue weighted by Crippen LogP contribution is 2.43. The van der Waals surface area contributed by atoms with E-state index in [4.69, 9.17) is 9.47 Å². The van der Waals surface area contributed by atoms with Gasteiger partial charge in [0.1, 0.15) is 5.75 Å². The Morgan fingerprint density at radius 1 is 1.15 bits per heavy atom. The first-order valence-electron chi connectivity index (χ1n) is 10.4. The zero-order chi connectivity index (χ0) is 19.0. The van der Waals surface area contributed by atoms with Gasteiger partial charge >= 0.3 is 0 Å². The fourth-order valence-electron chi connectivity index (χ4n) is 3.95. The average molecular weight is 362 g/mol. The van der Waals surface area contributed by atoms with E-state index >= 15 is 0 Å². The lowest BCUT2D eigenvalue weighted by molar-refractivity contribution is -0.0761. The van der Waals surface area contributed by atoms with Gasteiger partial charge in [0.25, 0.3) is 0 Å². The lowest BCUT2D eigenvalue weighted by atomic mass is 9.69. The van der Waals surface area contributed by atoms with Crippen molar-refractivity contribution < 1.29 is 9.47 Å². The molecular formula is C23H39NO2. The summed E-state index contributed by atoms with van der Waals surface area (Å²) >= 11 is 0. The van der Waals surface area contributed by atoms with Gasteiger partial charge in [0.05, 0.1) is 13.2 Å². The van der Waals surface area contributed by atoms with Crippen molar-refractivity contribution in [1.29, 1.82) is 0 Å². The third kappa shape index (κ3) is 6.59. The number of rotatable bonds is 10. The summed E-state index contributed by atoms with van der Waals surface area (Å²) in [5.74, 6) is 2.31. The van der Waals surface area contributed by atoms with E-state index < -0.39 is 0 Å². The summed E-state index contributed by atoms with van der Waals surface area (Å²) in [7, 11) is 1.71. The number of benzene rings is 1. The molecule has 2 atom stereocenters. The van der Waals surface area contributed by atoms with Gasteiger partial charge in [0.2, 0.25) is 0 Å². The molecule has 3 heteroatoms. The molecule has 0 bridgehead atoms. The Morgan fingerprint density at radius 2 is 1.88 bits per heavy atom. The van der Waals surface area contributed by atoms with Gasteiger partial charge in [-0.25, -0.2) is 0 Å². The van der Waals surface area contributed by atoms with Crippen molar-refractivity contribution in [1.82, 2.24) is 5.32 Å². The Balaban J connectivity index is 1.87. The van der Waals surface area contributed by atoms with Crippen LogP contribution in [0.3, 0.4) is 0 Å². The van der Waals surface area contributed by atoms with Crippen molar-refractivity contribution in [3.05, 3.63) is 29.8 Å². The minimum Gasteiger partial charge on any atom is -0.497 e. The molecule has 1 aromatic carbocycles. The Hall–Kier alpha value is -1.06. The third-order valence-corrected chi connectivity index (χ3v) is 5.91. The molecule has 0 aromatic heterocycles. The summed E-state index contributed by atoms with van der Waals surface area (Å²) in [5.41, 5.74) is 1.76. The maximum Gasteiger partial charge on any atom is 0.118 e. The van der Waals surface area contributed by atoms with Crippen LogP contribution in [0, 0.1) is 17.3 Å². The van der Waals surface area contributed by atoms with Crippen molar-refractivity contribution in [3.8, 4) is 5.75 Å². The van der Waals surface area contributed by atoms with Crippen LogP contribution in [0.15, 0.2) is 24.3 Å². The number of ether oxygens (including phenoxy) is 2. The summed E-state index contributed by atoms with van der Waals surface area (Å²) in [6.07, 6.45) is 6.78. The van der Waals surface area contributed by atoms with Gasteiger partial charge in [-0.05, 0) is 67.2 Å². The molecule has 1 aromatic rings. The number of methoxy groups -OCH3 is 1. The molecule has 1 saturated heterocycles. The maximum absolute atomic E-state index is 6.07. The predicted molar refractivity (Wildman–Crippen MR) is 110 cm³/mol. The summed E-state index contributed by atoms with van der Waals surface area (Å²) < 4.78 is 11.3. The normalized spacial score (nSPS) is 23.6. The van der Waals surface area contributed by atoms with Crippen molar-refractivity contribution >= 4 is 0 Å². The van der Waals surface area contributed by atoms with E-state index in [1.165, 1.54) is 37.7 Å². The van der Waals surface area contributed by atoms with Crippen LogP contribution in [0.4, 0.5) is 0 Å².